The van der Waals surface area contributed by atoms with Crippen LogP contribution in [-0.2, 0) is 14.3 Å². The number of hydrogen-bond donors (Lipinski definition) is 3. The number of carbonyl (C=O) groups is 3. The summed E-state index contributed by atoms with van der Waals surface area (Å²) in [7, 11) is 0. The first kappa shape index (κ1) is 24.4. The van der Waals surface area contributed by atoms with Gasteiger partial charge in [0.25, 0.3) is 0 Å². The SMILES string of the molecule is O=C(O)CCC(NC(=O)OCC1c2ccccc2-c2ccccc21)C(=O)Nc1cccc(F)c1Br. The summed E-state index contributed by atoms with van der Waals surface area (Å²) in [6, 6.07) is 18.7. The predicted molar refractivity (Wildman–Crippen MR) is 132 cm³/mol. The van der Waals surface area contributed by atoms with Gasteiger partial charge in [-0.25, -0.2) is 9.18 Å². The molecular formula is C26H22BrFN2O5. The molecule has 0 spiro atoms. The maximum atomic E-state index is 13.8. The Bertz CT molecular complexity index is 1240. The fourth-order valence-electron chi connectivity index (χ4n) is 4.14. The molecule has 9 heteroatoms. The van der Waals surface area contributed by atoms with Gasteiger partial charge in [0, 0.05) is 12.3 Å². The highest BCUT2D eigenvalue weighted by atomic mass is 79.9. The van der Waals surface area contributed by atoms with E-state index in [1.807, 2.05) is 48.5 Å². The summed E-state index contributed by atoms with van der Waals surface area (Å²) in [5.41, 5.74) is 4.40. The number of fused-ring (bicyclic) bond motifs is 3. The van der Waals surface area contributed by atoms with Crippen molar-refractivity contribution in [1.29, 1.82) is 0 Å². The van der Waals surface area contributed by atoms with E-state index >= 15 is 0 Å². The number of rotatable bonds is 8. The van der Waals surface area contributed by atoms with E-state index in [0.717, 1.165) is 22.3 Å². The molecule has 0 bridgehead atoms. The molecule has 0 aromatic heterocycles. The van der Waals surface area contributed by atoms with Crippen LogP contribution in [0.15, 0.2) is 71.2 Å². The van der Waals surface area contributed by atoms with E-state index in [4.69, 9.17) is 9.84 Å². The number of ether oxygens (including phenoxy) is 1. The maximum Gasteiger partial charge on any atom is 0.407 e. The van der Waals surface area contributed by atoms with Crippen LogP contribution in [-0.4, -0.2) is 35.7 Å². The van der Waals surface area contributed by atoms with Gasteiger partial charge in [-0.15, -0.1) is 0 Å². The van der Waals surface area contributed by atoms with Crippen molar-refractivity contribution in [3.8, 4) is 11.1 Å². The average molecular weight is 541 g/mol. The largest absolute Gasteiger partial charge is 0.481 e. The lowest BCUT2D eigenvalue weighted by Gasteiger charge is -2.20. The van der Waals surface area contributed by atoms with Gasteiger partial charge < -0.3 is 20.5 Å². The molecule has 1 aliphatic rings. The van der Waals surface area contributed by atoms with Gasteiger partial charge in [0.15, 0.2) is 0 Å². The van der Waals surface area contributed by atoms with Crippen LogP contribution < -0.4 is 10.6 Å². The number of carbonyl (C=O) groups excluding carboxylic acids is 2. The highest BCUT2D eigenvalue weighted by Gasteiger charge is 2.30. The van der Waals surface area contributed by atoms with Crippen molar-refractivity contribution in [2.75, 3.05) is 11.9 Å². The molecule has 35 heavy (non-hydrogen) atoms. The maximum absolute atomic E-state index is 13.8. The molecule has 1 aliphatic carbocycles. The Kier molecular flexibility index (Phi) is 7.45. The zero-order chi connectivity index (χ0) is 24.9. The van der Waals surface area contributed by atoms with Gasteiger partial charge in [0.05, 0.1) is 10.2 Å². The minimum atomic E-state index is -1.20. The van der Waals surface area contributed by atoms with Crippen molar-refractivity contribution in [3.63, 3.8) is 0 Å². The molecule has 4 rings (SSSR count). The lowest BCUT2D eigenvalue weighted by atomic mass is 9.98. The van der Waals surface area contributed by atoms with E-state index in [-0.39, 0.29) is 35.5 Å². The van der Waals surface area contributed by atoms with Crippen molar-refractivity contribution >= 4 is 39.6 Å². The first-order valence-electron chi connectivity index (χ1n) is 10.9. The lowest BCUT2D eigenvalue weighted by molar-refractivity contribution is -0.137. The molecule has 0 aliphatic heterocycles. The first-order chi connectivity index (χ1) is 16.8. The second-order valence-electron chi connectivity index (χ2n) is 8.05. The standard InChI is InChI=1S/C26H22BrFN2O5/c27-24-20(28)10-5-11-21(24)29-25(33)22(12-13-23(31)32)30-26(34)35-14-19-17-8-3-1-6-15(17)16-7-2-4-9-18(16)19/h1-11,19,22H,12-14H2,(H,29,33)(H,30,34)(H,31,32). The average Bonchev–Trinajstić information content (AvgIpc) is 3.17. The fraction of sp³-hybridized carbons (Fsp3) is 0.192. The fourth-order valence-corrected chi connectivity index (χ4v) is 4.50. The Morgan fingerprint density at radius 1 is 0.971 bits per heavy atom. The molecule has 1 atom stereocenters. The summed E-state index contributed by atoms with van der Waals surface area (Å²) < 4.78 is 19.3. The van der Waals surface area contributed by atoms with Crippen LogP contribution in [0.5, 0.6) is 0 Å². The Hall–Kier alpha value is -3.72. The molecule has 0 heterocycles. The van der Waals surface area contributed by atoms with E-state index in [1.165, 1.54) is 18.2 Å². The summed E-state index contributed by atoms with van der Waals surface area (Å²) >= 11 is 3.06. The first-order valence-corrected chi connectivity index (χ1v) is 11.7. The molecule has 0 radical (unpaired) electrons. The minimum absolute atomic E-state index is 0.0442. The van der Waals surface area contributed by atoms with Crippen molar-refractivity contribution in [1.82, 2.24) is 5.32 Å². The van der Waals surface area contributed by atoms with E-state index in [0.29, 0.717) is 0 Å². The number of alkyl carbamates (subject to hydrolysis) is 1. The molecule has 3 aromatic rings. The zero-order valence-corrected chi connectivity index (χ0v) is 20.0. The van der Waals surface area contributed by atoms with Crippen LogP contribution in [0.1, 0.15) is 29.9 Å². The lowest BCUT2D eigenvalue weighted by Crippen LogP contribution is -2.44. The van der Waals surface area contributed by atoms with Gasteiger partial charge in [-0.2, -0.15) is 0 Å². The van der Waals surface area contributed by atoms with Crippen LogP contribution in [0.4, 0.5) is 14.9 Å². The normalized spacial score (nSPS) is 12.9. The number of amides is 2. The molecule has 3 aromatic carbocycles. The van der Waals surface area contributed by atoms with Gasteiger partial charge in [-0.3, -0.25) is 9.59 Å². The van der Waals surface area contributed by atoms with Crippen LogP contribution in [0, 0.1) is 5.82 Å². The number of benzene rings is 3. The molecule has 1 unspecified atom stereocenters. The van der Waals surface area contributed by atoms with Crippen molar-refractivity contribution in [2.24, 2.45) is 0 Å². The molecule has 0 saturated heterocycles. The third-order valence-corrected chi connectivity index (χ3v) is 6.61. The van der Waals surface area contributed by atoms with Crippen molar-refractivity contribution in [3.05, 3.63) is 88.1 Å². The van der Waals surface area contributed by atoms with Crippen LogP contribution in [0.3, 0.4) is 0 Å². The number of halogens is 2. The van der Waals surface area contributed by atoms with E-state index in [9.17, 15) is 18.8 Å². The van der Waals surface area contributed by atoms with Gasteiger partial charge >= 0.3 is 12.1 Å². The van der Waals surface area contributed by atoms with Gasteiger partial charge in [0.1, 0.15) is 18.5 Å². The summed E-state index contributed by atoms with van der Waals surface area (Å²) in [5.74, 6) is -2.55. The molecule has 7 nitrogen and oxygen atoms in total. The number of carboxylic acids is 1. The summed E-state index contributed by atoms with van der Waals surface area (Å²) in [6.45, 7) is 0.0442. The van der Waals surface area contributed by atoms with Gasteiger partial charge in [-0.1, -0.05) is 54.6 Å². The Labute approximate surface area is 209 Å². The topological polar surface area (TPSA) is 105 Å². The Morgan fingerprint density at radius 3 is 2.23 bits per heavy atom. The van der Waals surface area contributed by atoms with E-state index < -0.39 is 29.8 Å². The van der Waals surface area contributed by atoms with Crippen LogP contribution in [0.25, 0.3) is 11.1 Å². The summed E-state index contributed by atoms with van der Waals surface area (Å²) in [4.78, 5) is 36.5. The molecule has 0 fully saturated rings. The minimum Gasteiger partial charge on any atom is -0.481 e. The number of hydrogen-bond acceptors (Lipinski definition) is 4. The number of nitrogens with one attached hydrogen (secondary N) is 2. The van der Waals surface area contributed by atoms with E-state index in [2.05, 4.69) is 26.6 Å². The summed E-state index contributed by atoms with van der Waals surface area (Å²) in [5, 5.41) is 14.0. The second kappa shape index (κ2) is 10.7. The highest BCUT2D eigenvalue weighted by molar-refractivity contribution is 9.10. The number of anilines is 1. The molecule has 3 N–H and O–H groups in total. The second-order valence-corrected chi connectivity index (χ2v) is 8.84. The molecule has 2 amide bonds. The third-order valence-electron chi connectivity index (χ3n) is 5.81. The number of aliphatic carboxylic acids is 1. The molecule has 180 valence electrons. The number of carboxylic acid groups (broad SMARTS) is 1. The third kappa shape index (κ3) is 5.51. The monoisotopic (exact) mass is 540 g/mol. The van der Waals surface area contributed by atoms with Crippen molar-refractivity contribution < 1.29 is 28.6 Å². The molecular weight excluding hydrogens is 519 g/mol. The zero-order valence-electron chi connectivity index (χ0n) is 18.5. The Morgan fingerprint density at radius 2 is 1.60 bits per heavy atom. The quantitative estimate of drug-likeness (QED) is 0.359. The summed E-state index contributed by atoms with van der Waals surface area (Å²) in [6.07, 6.45) is -1.37. The Balaban J connectivity index is 1.44. The highest BCUT2D eigenvalue weighted by Crippen LogP contribution is 2.44. The van der Waals surface area contributed by atoms with Crippen molar-refractivity contribution in [2.45, 2.75) is 24.8 Å². The predicted octanol–water partition coefficient (Wildman–Crippen LogP) is 5.30. The van der Waals surface area contributed by atoms with Crippen LogP contribution >= 0.6 is 15.9 Å². The van der Waals surface area contributed by atoms with E-state index in [1.54, 1.807) is 0 Å². The van der Waals surface area contributed by atoms with Gasteiger partial charge in [0.2, 0.25) is 5.91 Å². The van der Waals surface area contributed by atoms with Crippen LogP contribution in [0.2, 0.25) is 0 Å². The smallest absolute Gasteiger partial charge is 0.407 e. The molecule has 0 saturated carbocycles. The van der Waals surface area contributed by atoms with Gasteiger partial charge in [-0.05, 0) is 56.7 Å².